The van der Waals surface area contributed by atoms with Crippen molar-refractivity contribution in [1.82, 2.24) is 19.6 Å². The Balaban J connectivity index is 2.65. The lowest BCUT2D eigenvalue weighted by molar-refractivity contribution is 0.0779. The molecule has 0 aliphatic heterocycles. The zero-order valence-electron chi connectivity index (χ0n) is 11.7. The van der Waals surface area contributed by atoms with E-state index in [1.807, 2.05) is 21.0 Å². The summed E-state index contributed by atoms with van der Waals surface area (Å²) in [5.41, 5.74) is 6.73. The Hall–Kier alpha value is -1.56. The lowest BCUT2D eigenvalue weighted by atomic mass is 10.3. The summed E-state index contributed by atoms with van der Waals surface area (Å²) in [5.74, 6) is -0.0643. The lowest BCUT2D eigenvalue weighted by Crippen LogP contribution is -2.32. The van der Waals surface area contributed by atoms with E-state index in [2.05, 4.69) is 10.00 Å². The number of hydrogen-bond acceptors (Lipinski definition) is 4. The first-order valence-corrected chi connectivity index (χ1v) is 6.18. The van der Waals surface area contributed by atoms with Gasteiger partial charge in [0.25, 0.3) is 5.91 Å². The average molecular weight is 253 g/mol. The minimum absolute atomic E-state index is 0.0643. The summed E-state index contributed by atoms with van der Waals surface area (Å²) < 4.78 is 1.64. The maximum atomic E-state index is 12.3. The lowest BCUT2D eigenvalue weighted by Gasteiger charge is -2.19. The van der Waals surface area contributed by atoms with Crippen LogP contribution in [-0.4, -0.2) is 59.7 Å². The SMILES string of the molecule is CCn1ncc(N)c1C(=O)N(C)CCCN(C)C. The van der Waals surface area contributed by atoms with Crippen LogP contribution in [0.3, 0.4) is 0 Å². The first-order chi connectivity index (χ1) is 8.47. The first-order valence-electron chi connectivity index (χ1n) is 6.18. The normalized spacial score (nSPS) is 10.9. The number of hydrogen-bond donors (Lipinski definition) is 1. The van der Waals surface area contributed by atoms with Crippen LogP contribution in [-0.2, 0) is 6.54 Å². The van der Waals surface area contributed by atoms with Crippen LogP contribution in [0.25, 0.3) is 0 Å². The summed E-state index contributed by atoms with van der Waals surface area (Å²) in [6.45, 7) is 4.25. The minimum Gasteiger partial charge on any atom is -0.396 e. The number of anilines is 1. The molecule has 1 rings (SSSR count). The van der Waals surface area contributed by atoms with E-state index in [9.17, 15) is 4.79 Å². The Morgan fingerprint density at radius 2 is 2.06 bits per heavy atom. The standard InChI is InChI=1S/C12H23N5O/c1-5-17-11(10(13)9-14-17)12(18)16(4)8-6-7-15(2)3/h9H,5-8,13H2,1-4H3. The highest BCUT2D eigenvalue weighted by molar-refractivity contribution is 5.97. The van der Waals surface area contributed by atoms with Crippen LogP contribution < -0.4 is 5.73 Å². The second kappa shape index (κ2) is 6.39. The van der Waals surface area contributed by atoms with Gasteiger partial charge in [0.1, 0.15) is 5.69 Å². The van der Waals surface area contributed by atoms with E-state index in [1.54, 1.807) is 16.6 Å². The van der Waals surface area contributed by atoms with Crippen molar-refractivity contribution >= 4 is 11.6 Å². The Bertz CT molecular complexity index is 399. The van der Waals surface area contributed by atoms with Gasteiger partial charge in [0.15, 0.2) is 0 Å². The third kappa shape index (κ3) is 3.46. The van der Waals surface area contributed by atoms with E-state index in [1.165, 1.54) is 6.20 Å². The van der Waals surface area contributed by atoms with Gasteiger partial charge in [-0.25, -0.2) is 0 Å². The van der Waals surface area contributed by atoms with Crippen molar-refractivity contribution in [2.45, 2.75) is 19.9 Å². The number of amides is 1. The van der Waals surface area contributed by atoms with Crippen LogP contribution in [0.5, 0.6) is 0 Å². The Labute approximate surface area is 108 Å². The van der Waals surface area contributed by atoms with E-state index >= 15 is 0 Å². The Kier molecular flexibility index (Phi) is 5.15. The number of carbonyl (C=O) groups excluding carboxylic acids is 1. The van der Waals surface area contributed by atoms with Gasteiger partial charge in [-0.1, -0.05) is 0 Å². The molecule has 0 unspecified atom stereocenters. The molecular formula is C12H23N5O. The van der Waals surface area contributed by atoms with E-state index < -0.39 is 0 Å². The average Bonchev–Trinajstić information content (AvgIpc) is 2.68. The fraction of sp³-hybridized carbons (Fsp3) is 0.667. The van der Waals surface area contributed by atoms with Crippen LogP contribution in [0, 0.1) is 0 Å². The number of rotatable bonds is 6. The van der Waals surface area contributed by atoms with Crippen LogP contribution in [0.15, 0.2) is 6.20 Å². The number of carbonyl (C=O) groups is 1. The van der Waals surface area contributed by atoms with Crippen molar-refractivity contribution in [3.05, 3.63) is 11.9 Å². The van der Waals surface area contributed by atoms with E-state index in [0.717, 1.165) is 13.0 Å². The van der Waals surface area contributed by atoms with E-state index in [0.29, 0.717) is 24.5 Å². The minimum atomic E-state index is -0.0643. The van der Waals surface area contributed by atoms with Crippen LogP contribution in [0.1, 0.15) is 23.8 Å². The molecule has 0 fully saturated rings. The van der Waals surface area contributed by atoms with Crippen LogP contribution in [0.2, 0.25) is 0 Å². The summed E-state index contributed by atoms with van der Waals surface area (Å²) in [6.07, 6.45) is 2.47. The predicted octanol–water partition coefficient (Wildman–Crippen LogP) is 0.509. The van der Waals surface area contributed by atoms with Crippen LogP contribution >= 0.6 is 0 Å². The molecule has 0 aliphatic rings. The van der Waals surface area contributed by atoms with E-state index in [4.69, 9.17) is 5.73 Å². The summed E-state index contributed by atoms with van der Waals surface area (Å²) in [7, 11) is 5.84. The number of nitrogens with zero attached hydrogens (tertiary/aromatic N) is 4. The molecular weight excluding hydrogens is 230 g/mol. The molecule has 6 heteroatoms. The zero-order chi connectivity index (χ0) is 13.7. The third-order valence-electron chi connectivity index (χ3n) is 2.82. The van der Waals surface area contributed by atoms with Gasteiger partial charge in [0.2, 0.25) is 0 Å². The summed E-state index contributed by atoms with van der Waals surface area (Å²) in [4.78, 5) is 16.1. The third-order valence-corrected chi connectivity index (χ3v) is 2.82. The fourth-order valence-electron chi connectivity index (χ4n) is 1.78. The number of nitrogens with two attached hydrogens (primary N) is 1. The van der Waals surface area contributed by atoms with Crippen molar-refractivity contribution < 1.29 is 4.79 Å². The zero-order valence-corrected chi connectivity index (χ0v) is 11.7. The molecule has 0 radical (unpaired) electrons. The molecule has 0 aliphatic carbocycles. The molecule has 0 aromatic carbocycles. The van der Waals surface area contributed by atoms with Crippen molar-refractivity contribution in [1.29, 1.82) is 0 Å². The van der Waals surface area contributed by atoms with Gasteiger partial charge >= 0.3 is 0 Å². The van der Waals surface area contributed by atoms with Crippen molar-refractivity contribution in [3.8, 4) is 0 Å². The molecule has 102 valence electrons. The molecule has 6 nitrogen and oxygen atoms in total. The van der Waals surface area contributed by atoms with Gasteiger partial charge in [0.05, 0.1) is 11.9 Å². The molecule has 0 saturated carbocycles. The second-order valence-corrected chi connectivity index (χ2v) is 4.65. The van der Waals surface area contributed by atoms with Crippen molar-refractivity contribution in [2.75, 3.05) is 40.0 Å². The molecule has 0 saturated heterocycles. The molecule has 1 aromatic rings. The quantitative estimate of drug-likeness (QED) is 0.802. The summed E-state index contributed by atoms with van der Waals surface area (Å²) in [5, 5.41) is 4.08. The van der Waals surface area contributed by atoms with Crippen molar-refractivity contribution in [2.24, 2.45) is 0 Å². The van der Waals surface area contributed by atoms with Gasteiger partial charge in [-0.3, -0.25) is 9.48 Å². The molecule has 2 N–H and O–H groups in total. The maximum Gasteiger partial charge on any atom is 0.274 e. The smallest absolute Gasteiger partial charge is 0.274 e. The summed E-state index contributed by atoms with van der Waals surface area (Å²) in [6, 6.07) is 0. The predicted molar refractivity (Wildman–Crippen MR) is 72.4 cm³/mol. The van der Waals surface area contributed by atoms with Gasteiger partial charge < -0.3 is 15.5 Å². The van der Waals surface area contributed by atoms with Crippen molar-refractivity contribution in [3.63, 3.8) is 0 Å². The fourth-order valence-corrected chi connectivity index (χ4v) is 1.78. The Morgan fingerprint density at radius 3 is 2.61 bits per heavy atom. The summed E-state index contributed by atoms with van der Waals surface area (Å²) >= 11 is 0. The van der Waals surface area contributed by atoms with Crippen LogP contribution in [0.4, 0.5) is 5.69 Å². The number of nitrogen functional groups attached to an aromatic ring is 1. The number of aromatic nitrogens is 2. The monoisotopic (exact) mass is 253 g/mol. The topological polar surface area (TPSA) is 67.4 Å². The molecule has 1 aromatic heterocycles. The molecule has 0 bridgehead atoms. The van der Waals surface area contributed by atoms with Gasteiger partial charge in [-0.05, 0) is 34.0 Å². The highest BCUT2D eigenvalue weighted by Gasteiger charge is 2.19. The molecule has 0 spiro atoms. The van der Waals surface area contributed by atoms with Gasteiger partial charge in [-0.2, -0.15) is 5.10 Å². The maximum absolute atomic E-state index is 12.3. The largest absolute Gasteiger partial charge is 0.396 e. The van der Waals surface area contributed by atoms with Gasteiger partial charge in [0, 0.05) is 20.1 Å². The second-order valence-electron chi connectivity index (χ2n) is 4.65. The molecule has 0 atom stereocenters. The highest BCUT2D eigenvalue weighted by atomic mass is 16.2. The highest BCUT2D eigenvalue weighted by Crippen LogP contribution is 2.13. The van der Waals surface area contributed by atoms with E-state index in [-0.39, 0.29) is 5.91 Å². The molecule has 1 amide bonds. The number of aryl methyl sites for hydroxylation is 1. The first kappa shape index (κ1) is 14.5. The molecule has 18 heavy (non-hydrogen) atoms. The van der Waals surface area contributed by atoms with Gasteiger partial charge in [-0.15, -0.1) is 0 Å². The Morgan fingerprint density at radius 1 is 1.39 bits per heavy atom. The molecule has 1 heterocycles.